The number of allylic oxidation sites excluding steroid dienone is 1. The van der Waals surface area contributed by atoms with Crippen LogP contribution in [0.15, 0.2) is 33.7 Å². The van der Waals surface area contributed by atoms with Gasteiger partial charge in [0, 0.05) is 0 Å². The smallest absolute Gasteiger partial charge is 0.355 e. The molecule has 1 aromatic rings. The molecule has 0 unspecified atom stereocenters. The van der Waals surface area contributed by atoms with Crippen molar-refractivity contribution < 1.29 is 17.9 Å². The Bertz CT molecular complexity index is 599. The van der Waals surface area contributed by atoms with Gasteiger partial charge in [0.05, 0.1) is 17.7 Å². The zero-order valence-corrected chi connectivity index (χ0v) is 10.3. The number of carbonyl (C=O) groups is 1. The number of rotatable bonds is 2. The lowest BCUT2D eigenvalue weighted by atomic mass is 10.2. The van der Waals surface area contributed by atoms with E-state index in [1.807, 2.05) is 4.72 Å². The van der Waals surface area contributed by atoms with E-state index in [2.05, 4.69) is 9.13 Å². The third-order valence-corrected chi connectivity index (χ3v) is 3.72. The molecule has 0 aromatic carbocycles. The molecule has 1 N–H and O–H groups in total. The zero-order chi connectivity index (χ0) is 12.5. The topological polar surface area (TPSA) is 84.8 Å². The van der Waals surface area contributed by atoms with Crippen molar-refractivity contribution in [3.8, 4) is 0 Å². The normalized spacial score (nSPS) is 17.7. The first-order chi connectivity index (χ1) is 8.02. The Morgan fingerprint density at radius 1 is 1.53 bits per heavy atom. The summed E-state index contributed by atoms with van der Waals surface area (Å²) >= 11 is 1.33. The summed E-state index contributed by atoms with van der Waals surface area (Å²) in [5.74, 6) is -0.752. The van der Waals surface area contributed by atoms with Gasteiger partial charge >= 0.3 is 16.2 Å². The second-order valence-corrected chi connectivity index (χ2v) is 5.37. The Kier molecular flexibility index (Phi) is 2.99. The van der Waals surface area contributed by atoms with Crippen molar-refractivity contribution in [1.82, 2.24) is 4.72 Å². The van der Waals surface area contributed by atoms with Crippen LogP contribution in [0.2, 0.25) is 0 Å². The van der Waals surface area contributed by atoms with E-state index in [0.717, 1.165) is 0 Å². The van der Waals surface area contributed by atoms with Crippen LogP contribution in [0.25, 0.3) is 0 Å². The molecule has 0 atom stereocenters. The maximum absolute atomic E-state index is 11.4. The highest BCUT2D eigenvalue weighted by Crippen LogP contribution is 2.16. The lowest BCUT2D eigenvalue weighted by Gasteiger charge is -2.12. The highest BCUT2D eigenvalue weighted by atomic mass is 32.2. The monoisotopic (exact) mass is 272 g/mol. The number of thiophene rings is 1. The van der Waals surface area contributed by atoms with Crippen LogP contribution >= 0.6 is 11.3 Å². The van der Waals surface area contributed by atoms with E-state index in [0.29, 0.717) is 4.88 Å². The fraction of sp³-hybridized carbons (Fsp3) is 0.111. The van der Waals surface area contributed by atoms with E-state index in [-0.39, 0.29) is 11.4 Å². The van der Waals surface area contributed by atoms with Gasteiger partial charge < -0.3 is 4.74 Å². The molecule has 0 saturated heterocycles. The van der Waals surface area contributed by atoms with Gasteiger partial charge in [0.2, 0.25) is 0 Å². The molecule has 90 valence electrons. The summed E-state index contributed by atoms with van der Waals surface area (Å²) < 4.78 is 32.9. The molecular formula is C9H8N2O4S2. The number of hydrogen-bond donors (Lipinski definition) is 1. The quantitative estimate of drug-likeness (QED) is 0.792. The molecule has 0 aliphatic carbocycles. The van der Waals surface area contributed by atoms with Gasteiger partial charge in [0.1, 0.15) is 5.70 Å². The Morgan fingerprint density at radius 2 is 2.29 bits per heavy atom. The first kappa shape index (κ1) is 11.8. The summed E-state index contributed by atoms with van der Waals surface area (Å²) in [5.41, 5.74) is 0.0741. The second-order valence-electron chi connectivity index (χ2n) is 3.08. The van der Waals surface area contributed by atoms with Crippen LogP contribution in [0.4, 0.5) is 0 Å². The van der Waals surface area contributed by atoms with E-state index >= 15 is 0 Å². The van der Waals surface area contributed by atoms with Crippen molar-refractivity contribution in [3.05, 3.63) is 34.2 Å². The number of ether oxygens (including phenoxy) is 1. The minimum absolute atomic E-state index is 0.147. The van der Waals surface area contributed by atoms with Gasteiger partial charge in [0.15, 0.2) is 0 Å². The number of esters is 1. The maximum atomic E-state index is 11.4. The zero-order valence-electron chi connectivity index (χ0n) is 8.71. The van der Waals surface area contributed by atoms with Crippen LogP contribution in [0.5, 0.6) is 0 Å². The number of methoxy groups -OCH3 is 1. The molecule has 0 radical (unpaired) electrons. The standard InChI is InChI=1S/C9H8N2O4S2/c1-15-9(12)7-5-6(8-3-2-4-16-8)10-17(13,14)11-7/h2-5,11H,1H3. The molecule has 0 spiro atoms. The van der Waals surface area contributed by atoms with Gasteiger partial charge in [-0.05, 0) is 17.5 Å². The van der Waals surface area contributed by atoms with Crippen LogP contribution in [0.1, 0.15) is 4.88 Å². The minimum Gasteiger partial charge on any atom is -0.464 e. The molecule has 0 fully saturated rings. The van der Waals surface area contributed by atoms with Crippen molar-refractivity contribution in [2.45, 2.75) is 0 Å². The minimum atomic E-state index is -3.89. The maximum Gasteiger partial charge on any atom is 0.355 e. The molecule has 1 aliphatic heterocycles. The van der Waals surface area contributed by atoms with Crippen molar-refractivity contribution in [2.24, 2.45) is 4.40 Å². The van der Waals surface area contributed by atoms with Crippen molar-refractivity contribution in [1.29, 1.82) is 0 Å². The molecule has 17 heavy (non-hydrogen) atoms. The Hall–Kier alpha value is -1.67. The number of nitrogens with one attached hydrogen (secondary N) is 1. The lowest BCUT2D eigenvalue weighted by molar-refractivity contribution is -0.136. The molecule has 1 aromatic heterocycles. The summed E-state index contributed by atoms with van der Waals surface area (Å²) in [6, 6.07) is 3.48. The van der Waals surface area contributed by atoms with Crippen LogP contribution in [-0.2, 0) is 19.7 Å². The third kappa shape index (κ3) is 2.53. The molecular weight excluding hydrogens is 264 g/mol. The van der Waals surface area contributed by atoms with Gasteiger partial charge in [-0.1, -0.05) is 6.07 Å². The summed E-state index contributed by atoms with van der Waals surface area (Å²) in [6.07, 6.45) is 1.35. The number of carbonyl (C=O) groups excluding carboxylic acids is 1. The van der Waals surface area contributed by atoms with Gasteiger partial charge in [0.25, 0.3) is 0 Å². The molecule has 6 nitrogen and oxygen atoms in total. The first-order valence-electron chi connectivity index (χ1n) is 4.48. The Balaban J connectivity index is 2.47. The highest BCUT2D eigenvalue weighted by molar-refractivity contribution is 7.88. The van der Waals surface area contributed by atoms with Crippen LogP contribution in [0, 0.1) is 0 Å². The highest BCUT2D eigenvalue weighted by Gasteiger charge is 2.24. The fourth-order valence-electron chi connectivity index (χ4n) is 1.23. The average molecular weight is 272 g/mol. The SMILES string of the molecule is COC(=O)C1=CC(c2cccs2)=NS(=O)(=O)N1. The van der Waals surface area contributed by atoms with Crippen LogP contribution < -0.4 is 4.72 Å². The summed E-state index contributed by atoms with van der Waals surface area (Å²) in [6.45, 7) is 0. The lowest BCUT2D eigenvalue weighted by Crippen LogP contribution is -2.31. The molecule has 8 heteroatoms. The predicted octanol–water partition coefficient (Wildman–Crippen LogP) is 0.442. The number of nitrogens with zero attached hydrogens (tertiary/aromatic N) is 1. The summed E-state index contributed by atoms with van der Waals surface area (Å²) in [5, 5.41) is 1.79. The predicted molar refractivity (Wildman–Crippen MR) is 63.0 cm³/mol. The average Bonchev–Trinajstić information content (AvgIpc) is 2.79. The third-order valence-electron chi connectivity index (χ3n) is 1.92. The second kappa shape index (κ2) is 4.30. The van der Waals surface area contributed by atoms with E-state index in [4.69, 9.17) is 0 Å². The molecule has 1 aliphatic rings. The fourth-order valence-corrected chi connectivity index (χ4v) is 2.85. The molecule has 2 heterocycles. The van der Waals surface area contributed by atoms with Crippen molar-refractivity contribution in [2.75, 3.05) is 7.11 Å². The van der Waals surface area contributed by atoms with Crippen molar-refractivity contribution >= 4 is 33.2 Å². The van der Waals surface area contributed by atoms with Crippen LogP contribution in [-0.4, -0.2) is 27.2 Å². The van der Waals surface area contributed by atoms with Crippen molar-refractivity contribution in [3.63, 3.8) is 0 Å². The summed E-state index contributed by atoms with van der Waals surface area (Å²) in [7, 11) is -2.71. The van der Waals surface area contributed by atoms with Gasteiger partial charge in [-0.2, -0.15) is 8.42 Å². The largest absolute Gasteiger partial charge is 0.464 e. The van der Waals surface area contributed by atoms with Gasteiger partial charge in [-0.3, -0.25) is 4.72 Å². The first-order valence-corrected chi connectivity index (χ1v) is 6.80. The van der Waals surface area contributed by atoms with Crippen LogP contribution in [0.3, 0.4) is 0 Å². The molecule has 0 amide bonds. The molecule has 0 bridgehead atoms. The van der Waals surface area contributed by atoms with E-state index in [1.54, 1.807) is 17.5 Å². The van der Waals surface area contributed by atoms with E-state index < -0.39 is 16.2 Å². The van der Waals surface area contributed by atoms with E-state index in [1.165, 1.54) is 24.5 Å². The molecule has 2 rings (SSSR count). The Labute approximate surface area is 102 Å². The number of hydrogen-bond acceptors (Lipinski definition) is 5. The Morgan fingerprint density at radius 3 is 2.88 bits per heavy atom. The van der Waals surface area contributed by atoms with E-state index in [9.17, 15) is 13.2 Å². The van der Waals surface area contributed by atoms with Gasteiger partial charge in [-0.15, -0.1) is 15.7 Å². The summed E-state index contributed by atoms with van der Waals surface area (Å²) in [4.78, 5) is 12.0. The molecule has 0 saturated carbocycles. The van der Waals surface area contributed by atoms with Gasteiger partial charge in [-0.25, -0.2) is 4.79 Å².